The van der Waals surface area contributed by atoms with E-state index in [9.17, 15) is 9.59 Å². The quantitative estimate of drug-likeness (QED) is 0.760. The molecule has 0 saturated heterocycles. The van der Waals surface area contributed by atoms with Gasteiger partial charge >= 0.3 is 12.1 Å². The first-order valence-electron chi connectivity index (χ1n) is 6.85. The molecule has 1 heterocycles. The molecule has 1 atom stereocenters. The number of alkyl carbamates (subject to hydrolysis) is 1. The molecule has 2 rings (SSSR count). The summed E-state index contributed by atoms with van der Waals surface area (Å²) in [7, 11) is 0. The van der Waals surface area contributed by atoms with E-state index in [0.717, 1.165) is 5.56 Å². The summed E-state index contributed by atoms with van der Waals surface area (Å²) in [6.45, 7) is 2.02. The van der Waals surface area contributed by atoms with Crippen LogP contribution in [0.1, 0.15) is 41.3 Å². The van der Waals surface area contributed by atoms with Gasteiger partial charge in [0.2, 0.25) is 0 Å². The summed E-state index contributed by atoms with van der Waals surface area (Å²) in [5.41, 5.74) is 0.866. The van der Waals surface area contributed by atoms with Crippen LogP contribution in [0, 0.1) is 0 Å². The van der Waals surface area contributed by atoms with Crippen molar-refractivity contribution in [1.29, 1.82) is 0 Å². The van der Waals surface area contributed by atoms with Crippen LogP contribution in [0.15, 0.2) is 36.5 Å². The molecular formula is C15H17N3O4. The number of amides is 1. The van der Waals surface area contributed by atoms with Crippen LogP contribution in [-0.2, 0) is 11.3 Å². The van der Waals surface area contributed by atoms with Crippen molar-refractivity contribution in [3.8, 4) is 0 Å². The normalized spacial score (nSPS) is 11.7. The summed E-state index contributed by atoms with van der Waals surface area (Å²) < 4.78 is 5.13. The Morgan fingerprint density at radius 2 is 2.09 bits per heavy atom. The number of aromatic carboxylic acids is 1. The van der Waals surface area contributed by atoms with E-state index >= 15 is 0 Å². The van der Waals surface area contributed by atoms with Crippen molar-refractivity contribution in [3.05, 3.63) is 53.6 Å². The lowest BCUT2D eigenvalue weighted by Gasteiger charge is -2.14. The lowest BCUT2D eigenvalue weighted by atomic mass is 10.2. The summed E-state index contributed by atoms with van der Waals surface area (Å²) in [6, 6.07) is 8.89. The number of ether oxygens (including phenoxy) is 1. The molecule has 1 aromatic heterocycles. The van der Waals surface area contributed by atoms with Crippen molar-refractivity contribution in [1.82, 2.24) is 15.3 Å². The Bertz CT molecular complexity index is 639. The van der Waals surface area contributed by atoms with E-state index in [1.807, 2.05) is 37.3 Å². The lowest BCUT2D eigenvalue weighted by molar-refractivity contribution is 0.0691. The smallest absolute Gasteiger partial charge is 0.408 e. The van der Waals surface area contributed by atoms with Crippen molar-refractivity contribution in [2.75, 3.05) is 0 Å². The standard InChI is InChI=1S/C15H17N3O4/c1-2-11(13-16-8-12(17-13)14(19)20)18-15(21)22-9-10-6-4-3-5-7-10/h3-8,11H,2,9H2,1H3,(H,16,17)(H,18,21)(H,19,20). The van der Waals surface area contributed by atoms with Crippen LogP contribution in [0.3, 0.4) is 0 Å². The fourth-order valence-electron chi connectivity index (χ4n) is 1.89. The number of hydrogen-bond donors (Lipinski definition) is 3. The molecular weight excluding hydrogens is 286 g/mol. The first kappa shape index (κ1) is 15.6. The molecule has 0 saturated carbocycles. The largest absolute Gasteiger partial charge is 0.477 e. The van der Waals surface area contributed by atoms with Crippen LogP contribution in [0.2, 0.25) is 0 Å². The van der Waals surface area contributed by atoms with Gasteiger partial charge < -0.3 is 20.1 Å². The number of nitrogens with zero attached hydrogens (tertiary/aromatic N) is 1. The Balaban J connectivity index is 1.91. The number of aromatic amines is 1. The van der Waals surface area contributed by atoms with E-state index in [1.165, 1.54) is 6.20 Å². The van der Waals surface area contributed by atoms with Gasteiger partial charge in [-0.25, -0.2) is 14.6 Å². The van der Waals surface area contributed by atoms with Gasteiger partial charge in [-0.3, -0.25) is 0 Å². The Kier molecular flexibility index (Phi) is 5.13. The average molecular weight is 303 g/mol. The lowest BCUT2D eigenvalue weighted by Crippen LogP contribution is -2.29. The fraction of sp³-hybridized carbons (Fsp3) is 0.267. The van der Waals surface area contributed by atoms with Crippen molar-refractivity contribution in [3.63, 3.8) is 0 Å². The minimum absolute atomic E-state index is 0.0205. The van der Waals surface area contributed by atoms with Gasteiger partial charge in [0.15, 0.2) is 0 Å². The van der Waals surface area contributed by atoms with Crippen LogP contribution >= 0.6 is 0 Å². The van der Waals surface area contributed by atoms with Gasteiger partial charge in [0.1, 0.15) is 18.1 Å². The number of nitrogens with one attached hydrogen (secondary N) is 2. The Labute approximate surface area is 127 Å². The highest BCUT2D eigenvalue weighted by Gasteiger charge is 2.18. The molecule has 0 spiro atoms. The number of carbonyl (C=O) groups excluding carboxylic acids is 1. The fourth-order valence-corrected chi connectivity index (χ4v) is 1.89. The van der Waals surface area contributed by atoms with Crippen LogP contribution in [0.5, 0.6) is 0 Å². The zero-order valence-corrected chi connectivity index (χ0v) is 12.1. The monoisotopic (exact) mass is 303 g/mol. The second kappa shape index (κ2) is 7.26. The van der Waals surface area contributed by atoms with Crippen molar-refractivity contribution in [2.45, 2.75) is 26.0 Å². The van der Waals surface area contributed by atoms with Gasteiger partial charge in [0, 0.05) is 0 Å². The molecule has 1 unspecified atom stereocenters. The van der Waals surface area contributed by atoms with Gasteiger partial charge in [-0.05, 0) is 12.0 Å². The number of benzene rings is 1. The molecule has 22 heavy (non-hydrogen) atoms. The maximum atomic E-state index is 11.8. The molecule has 0 fully saturated rings. The van der Waals surface area contributed by atoms with Crippen molar-refractivity contribution >= 4 is 12.1 Å². The molecule has 1 amide bonds. The van der Waals surface area contributed by atoms with E-state index in [-0.39, 0.29) is 12.3 Å². The SMILES string of the molecule is CCC(NC(=O)OCc1ccccc1)c1ncc(C(=O)O)[nH]1. The first-order valence-corrected chi connectivity index (χ1v) is 6.85. The van der Waals surface area contributed by atoms with E-state index in [0.29, 0.717) is 12.2 Å². The van der Waals surface area contributed by atoms with Gasteiger partial charge in [-0.2, -0.15) is 0 Å². The second-order valence-corrected chi connectivity index (χ2v) is 4.65. The predicted octanol–water partition coefficient (Wildman–Crippen LogP) is 2.49. The minimum Gasteiger partial charge on any atom is -0.477 e. The summed E-state index contributed by atoms with van der Waals surface area (Å²) in [5.74, 6) is -0.711. The Morgan fingerprint density at radius 1 is 1.36 bits per heavy atom. The van der Waals surface area contributed by atoms with Crippen LogP contribution in [0.25, 0.3) is 0 Å². The molecule has 3 N–H and O–H groups in total. The summed E-state index contributed by atoms with van der Waals surface area (Å²) >= 11 is 0. The van der Waals surface area contributed by atoms with Gasteiger partial charge in [0.25, 0.3) is 0 Å². The highest BCUT2D eigenvalue weighted by molar-refractivity contribution is 5.85. The van der Waals surface area contributed by atoms with E-state index in [2.05, 4.69) is 15.3 Å². The molecule has 0 aliphatic rings. The van der Waals surface area contributed by atoms with Crippen LogP contribution in [-0.4, -0.2) is 27.1 Å². The van der Waals surface area contributed by atoms with Gasteiger partial charge in [-0.15, -0.1) is 0 Å². The third kappa shape index (κ3) is 4.08. The predicted molar refractivity (Wildman–Crippen MR) is 78.3 cm³/mol. The highest BCUT2D eigenvalue weighted by atomic mass is 16.5. The highest BCUT2D eigenvalue weighted by Crippen LogP contribution is 2.13. The second-order valence-electron chi connectivity index (χ2n) is 4.65. The van der Waals surface area contributed by atoms with E-state index in [1.54, 1.807) is 0 Å². The Morgan fingerprint density at radius 3 is 2.68 bits per heavy atom. The number of carbonyl (C=O) groups is 2. The maximum Gasteiger partial charge on any atom is 0.408 e. The number of H-pyrrole nitrogens is 1. The van der Waals surface area contributed by atoms with Gasteiger partial charge in [-0.1, -0.05) is 37.3 Å². The summed E-state index contributed by atoms with van der Waals surface area (Å²) in [6.07, 6.45) is 1.19. The number of imidazole rings is 1. The molecule has 7 heteroatoms. The number of aromatic nitrogens is 2. The van der Waals surface area contributed by atoms with Crippen molar-refractivity contribution < 1.29 is 19.4 Å². The third-order valence-corrected chi connectivity index (χ3v) is 3.07. The zero-order valence-electron chi connectivity index (χ0n) is 12.1. The minimum atomic E-state index is -1.10. The van der Waals surface area contributed by atoms with Crippen LogP contribution < -0.4 is 5.32 Å². The molecule has 0 aliphatic carbocycles. The number of carboxylic acid groups (broad SMARTS) is 1. The topological polar surface area (TPSA) is 104 Å². The summed E-state index contributed by atoms with van der Waals surface area (Å²) in [5, 5.41) is 11.5. The molecule has 0 radical (unpaired) electrons. The molecule has 2 aromatic rings. The molecule has 0 bridgehead atoms. The molecule has 0 aliphatic heterocycles. The van der Waals surface area contributed by atoms with Gasteiger partial charge in [0.05, 0.1) is 12.2 Å². The maximum absolute atomic E-state index is 11.8. The Hall–Kier alpha value is -2.83. The molecule has 7 nitrogen and oxygen atoms in total. The number of rotatable bonds is 6. The molecule has 1 aromatic carbocycles. The summed E-state index contributed by atoms with van der Waals surface area (Å²) in [4.78, 5) is 29.3. The first-order chi connectivity index (χ1) is 10.6. The number of hydrogen-bond acceptors (Lipinski definition) is 4. The zero-order chi connectivity index (χ0) is 15.9. The third-order valence-electron chi connectivity index (χ3n) is 3.07. The number of carboxylic acids is 1. The van der Waals surface area contributed by atoms with E-state index in [4.69, 9.17) is 9.84 Å². The van der Waals surface area contributed by atoms with Crippen molar-refractivity contribution in [2.24, 2.45) is 0 Å². The van der Waals surface area contributed by atoms with Crippen LogP contribution in [0.4, 0.5) is 4.79 Å². The van der Waals surface area contributed by atoms with E-state index < -0.39 is 18.1 Å². The average Bonchev–Trinajstić information content (AvgIpc) is 3.01. The molecule has 116 valence electrons.